The topological polar surface area (TPSA) is 84.9 Å². The van der Waals surface area contributed by atoms with Gasteiger partial charge in [-0.15, -0.1) is 0 Å². The smallest absolute Gasteiger partial charge is 0.247 e. The number of nitrogens with one attached hydrogen (secondary N) is 1. The lowest BCUT2D eigenvalue weighted by Crippen LogP contribution is -2.45. The zero-order valence-corrected chi connectivity index (χ0v) is 19.0. The molecule has 0 radical (unpaired) electrons. The van der Waals surface area contributed by atoms with Gasteiger partial charge in [-0.05, 0) is 49.6 Å². The number of ether oxygens (including phenoxy) is 2. The summed E-state index contributed by atoms with van der Waals surface area (Å²) in [7, 11) is -0.868. The fraction of sp³-hybridized carbons (Fsp3) is 0.409. The van der Waals surface area contributed by atoms with Crippen LogP contribution >= 0.6 is 0 Å². The first-order valence-corrected chi connectivity index (χ1v) is 11.7. The molecule has 0 saturated heterocycles. The van der Waals surface area contributed by atoms with Crippen LogP contribution in [0.5, 0.6) is 11.5 Å². The summed E-state index contributed by atoms with van der Waals surface area (Å²) in [5.41, 5.74) is 2.04. The maximum Gasteiger partial charge on any atom is 0.247 e. The first-order chi connectivity index (χ1) is 14.2. The van der Waals surface area contributed by atoms with E-state index >= 15 is 0 Å². The zero-order valence-electron chi connectivity index (χ0n) is 18.1. The number of carbonyl (C=O) groups is 1. The van der Waals surface area contributed by atoms with Gasteiger partial charge in [-0.1, -0.05) is 25.5 Å². The minimum Gasteiger partial charge on any atom is -0.497 e. The van der Waals surface area contributed by atoms with Crippen molar-refractivity contribution >= 4 is 27.3 Å². The predicted octanol–water partition coefficient (Wildman–Crippen LogP) is 3.84. The highest BCUT2D eigenvalue weighted by molar-refractivity contribution is 7.92. The molecule has 164 valence electrons. The molecule has 7 nitrogen and oxygen atoms in total. The van der Waals surface area contributed by atoms with Gasteiger partial charge in [-0.25, -0.2) is 8.42 Å². The number of carbonyl (C=O) groups excluding carboxylic acids is 1. The monoisotopic (exact) mass is 434 g/mol. The van der Waals surface area contributed by atoms with Crippen molar-refractivity contribution in [3.05, 3.63) is 48.0 Å². The summed E-state index contributed by atoms with van der Waals surface area (Å²) in [6.45, 7) is 3.67. The Morgan fingerprint density at radius 3 is 2.30 bits per heavy atom. The van der Waals surface area contributed by atoms with Crippen LogP contribution in [0, 0.1) is 0 Å². The number of anilines is 2. The van der Waals surface area contributed by atoms with Crippen molar-refractivity contribution < 1.29 is 22.7 Å². The normalized spacial score (nSPS) is 12.2. The van der Waals surface area contributed by atoms with Crippen LogP contribution in [0.1, 0.15) is 32.3 Å². The molecule has 0 aliphatic heterocycles. The van der Waals surface area contributed by atoms with E-state index < -0.39 is 22.0 Å². The van der Waals surface area contributed by atoms with E-state index in [0.717, 1.165) is 29.8 Å². The number of sulfonamides is 1. The maximum absolute atomic E-state index is 12.9. The van der Waals surface area contributed by atoms with Crippen LogP contribution in [-0.2, 0) is 21.2 Å². The van der Waals surface area contributed by atoms with Crippen molar-refractivity contribution in [3.63, 3.8) is 0 Å². The molecule has 8 heteroatoms. The maximum atomic E-state index is 12.9. The molecular weight excluding hydrogens is 404 g/mol. The number of amides is 1. The summed E-state index contributed by atoms with van der Waals surface area (Å²) in [5, 5.41) is 2.80. The predicted molar refractivity (Wildman–Crippen MR) is 120 cm³/mol. The lowest BCUT2D eigenvalue weighted by Gasteiger charge is -2.29. The largest absolute Gasteiger partial charge is 0.497 e. The number of hydrogen-bond acceptors (Lipinski definition) is 5. The summed E-state index contributed by atoms with van der Waals surface area (Å²) < 4.78 is 36.8. The standard InChI is InChI=1S/C22H30N2O5S/c1-6-7-8-17-9-11-18(12-10-17)23-22(25)16(2)24(30(5,26)27)20-15-19(28-3)13-14-21(20)29-4/h9-16H,6-8H2,1-5H3,(H,23,25)/t16-/m1/s1. The molecule has 0 spiro atoms. The van der Waals surface area contributed by atoms with Gasteiger partial charge in [0.1, 0.15) is 17.5 Å². The molecule has 2 aromatic rings. The molecule has 0 bridgehead atoms. The molecule has 0 heterocycles. The van der Waals surface area contributed by atoms with Gasteiger partial charge in [0.05, 0.1) is 26.2 Å². The van der Waals surface area contributed by atoms with Crippen LogP contribution in [0.3, 0.4) is 0 Å². The molecule has 0 fully saturated rings. The van der Waals surface area contributed by atoms with Crippen LogP contribution in [0.4, 0.5) is 11.4 Å². The van der Waals surface area contributed by atoms with Gasteiger partial charge in [-0.2, -0.15) is 0 Å². The molecule has 30 heavy (non-hydrogen) atoms. The average Bonchev–Trinajstić information content (AvgIpc) is 2.72. The number of benzene rings is 2. The van der Waals surface area contributed by atoms with Gasteiger partial charge in [0, 0.05) is 11.8 Å². The molecule has 1 N–H and O–H groups in total. The Hall–Kier alpha value is -2.74. The number of aryl methyl sites for hydroxylation is 1. The minimum absolute atomic E-state index is 0.233. The van der Waals surface area contributed by atoms with E-state index in [0.29, 0.717) is 17.2 Å². The number of hydrogen-bond donors (Lipinski definition) is 1. The summed E-state index contributed by atoms with van der Waals surface area (Å²) >= 11 is 0. The number of rotatable bonds is 10. The second-order valence-corrected chi connectivity index (χ2v) is 8.92. The second-order valence-electron chi connectivity index (χ2n) is 7.06. The highest BCUT2D eigenvalue weighted by Gasteiger charge is 2.31. The van der Waals surface area contributed by atoms with Crippen molar-refractivity contribution in [2.45, 2.75) is 39.2 Å². The van der Waals surface area contributed by atoms with Crippen LogP contribution in [-0.4, -0.2) is 40.8 Å². The van der Waals surface area contributed by atoms with Gasteiger partial charge in [0.2, 0.25) is 15.9 Å². The first kappa shape index (κ1) is 23.5. The molecule has 0 aliphatic rings. The zero-order chi connectivity index (χ0) is 22.3. The first-order valence-electron chi connectivity index (χ1n) is 9.82. The molecule has 0 aromatic heterocycles. The highest BCUT2D eigenvalue weighted by Crippen LogP contribution is 2.35. The van der Waals surface area contributed by atoms with Gasteiger partial charge in [-0.3, -0.25) is 9.10 Å². The van der Waals surface area contributed by atoms with Gasteiger partial charge < -0.3 is 14.8 Å². The quantitative estimate of drug-likeness (QED) is 0.614. The van der Waals surface area contributed by atoms with E-state index in [1.807, 2.05) is 24.3 Å². The van der Waals surface area contributed by atoms with Crippen molar-refractivity contribution in [2.24, 2.45) is 0 Å². The molecule has 1 atom stereocenters. The Balaban J connectivity index is 2.30. The van der Waals surface area contributed by atoms with Crippen molar-refractivity contribution in [2.75, 3.05) is 30.1 Å². The van der Waals surface area contributed by atoms with Gasteiger partial charge in [0.15, 0.2) is 0 Å². The molecule has 0 unspecified atom stereocenters. The average molecular weight is 435 g/mol. The molecule has 0 saturated carbocycles. The van der Waals surface area contributed by atoms with Crippen LogP contribution in [0.2, 0.25) is 0 Å². The Labute approximate surface area is 179 Å². The fourth-order valence-electron chi connectivity index (χ4n) is 3.13. The summed E-state index contributed by atoms with van der Waals surface area (Å²) in [4.78, 5) is 12.9. The fourth-order valence-corrected chi connectivity index (χ4v) is 4.30. The number of unbranched alkanes of at least 4 members (excludes halogenated alkanes) is 1. The summed E-state index contributed by atoms with van der Waals surface area (Å²) in [5.74, 6) is 0.322. The van der Waals surface area contributed by atoms with Crippen LogP contribution in [0.15, 0.2) is 42.5 Å². The molecule has 1 amide bonds. The Kier molecular flexibility index (Phi) is 8.11. The third-order valence-electron chi connectivity index (χ3n) is 4.75. The molecular formula is C22H30N2O5S. The van der Waals surface area contributed by atoms with Crippen molar-refractivity contribution in [1.29, 1.82) is 0 Å². The summed E-state index contributed by atoms with van der Waals surface area (Å²) in [6.07, 6.45) is 4.26. The lowest BCUT2D eigenvalue weighted by atomic mass is 10.1. The Morgan fingerprint density at radius 2 is 1.77 bits per heavy atom. The van der Waals surface area contributed by atoms with E-state index in [1.165, 1.54) is 32.8 Å². The van der Waals surface area contributed by atoms with E-state index in [1.54, 1.807) is 12.1 Å². The van der Waals surface area contributed by atoms with E-state index in [4.69, 9.17) is 9.47 Å². The number of methoxy groups -OCH3 is 2. The minimum atomic E-state index is -3.79. The van der Waals surface area contributed by atoms with E-state index in [9.17, 15) is 13.2 Å². The van der Waals surface area contributed by atoms with Crippen molar-refractivity contribution in [3.8, 4) is 11.5 Å². The second kappa shape index (κ2) is 10.3. The Morgan fingerprint density at radius 1 is 1.10 bits per heavy atom. The van der Waals surface area contributed by atoms with Gasteiger partial charge >= 0.3 is 0 Å². The SMILES string of the molecule is CCCCc1ccc(NC(=O)[C@@H](C)N(c2cc(OC)ccc2OC)S(C)(=O)=O)cc1. The third kappa shape index (κ3) is 5.89. The molecule has 2 aromatic carbocycles. The molecule has 0 aliphatic carbocycles. The third-order valence-corrected chi connectivity index (χ3v) is 5.98. The van der Waals surface area contributed by atoms with E-state index in [2.05, 4.69) is 12.2 Å². The lowest BCUT2D eigenvalue weighted by molar-refractivity contribution is -0.116. The van der Waals surface area contributed by atoms with E-state index in [-0.39, 0.29) is 5.69 Å². The van der Waals surface area contributed by atoms with Crippen LogP contribution < -0.4 is 19.1 Å². The molecule has 2 rings (SSSR count). The summed E-state index contributed by atoms with van der Waals surface area (Å²) in [6, 6.07) is 11.4. The highest BCUT2D eigenvalue weighted by atomic mass is 32.2. The Bertz CT molecular complexity index is 958. The van der Waals surface area contributed by atoms with Crippen LogP contribution in [0.25, 0.3) is 0 Å². The van der Waals surface area contributed by atoms with Gasteiger partial charge in [0.25, 0.3) is 0 Å². The van der Waals surface area contributed by atoms with Crippen molar-refractivity contribution in [1.82, 2.24) is 0 Å². The number of nitrogens with zero attached hydrogens (tertiary/aromatic N) is 1.